The number of carbonyl (C=O) groups is 1. The average Bonchev–Trinajstić information content (AvgIpc) is 3.12. The summed E-state index contributed by atoms with van der Waals surface area (Å²) in [4.78, 5) is 21.4. The Morgan fingerprint density at radius 2 is 2.04 bits per heavy atom. The molecule has 7 nitrogen and oxygen atoms in total. The van der Waals surface area contributed by atoms with E-state index in [4.69, 9.17) is 10.5 Å². The van der Waals surface area contributed by atoms with E-state index in [1.54, 1.807) is 6.20 Å². The van der Waals surface area contributed by atoms with Crippen molar-refractivity contribution in [3.8, 4) is 11.5 Å². The van der Waals surface area contributed by atoms with Crippen LogP contribution in [0.15, 0.2) is 48.8 Å². The van der Waals surface area contributed by atoms with Gasteiger partial charge in [-0.1, -0.05) is 12.1 Å². The quantitative estimate of drug-likeness (QED) is 0.565. The van der Waals surface area contributed by atoms with E-state index in [0.29, 0.717) is 13.0 Å². The van der Waals surface area contributed by atoms with Crippen molar-refractivity contribution in [1.29, 1.82) is 0 Å². The molecule has 0 unspecified atom stereocenters. The molecule has 1 amide bonds. The lowest BCUT2D eigenvalue weighted by Crippen LogP contribution is -2.44. The van der Waals surface area contributed by atoms with Crippen molar-refractivity contribution in [3.05, 3.63) is 54.4 Å². The lowest BCUT2D eigenvalue weighted by molar-refractivity contribution is -0.122. The number of likely N-dealkylation sites (N-methyl/N-ethyl adjacent to an activating group) is 1. The number of fused-ring (bicyclic) bond motifs is 1. The molecule has 0 saturated heterocycles. The number of nitrogens with two attached hydrogens (primary N) is 1. The highest BCUT2D eigenvalue weighted by atomic mass is 16.5. The van der Waals surface area contributed by atoms with Gasteiger partial charge >= 0.3 is 0 Å². The van der Waals surface area contributed by atoms with E-state index in [2.05, 4.69) is 15.3 Å². The Labute approximate surface area is 158 Å². The Morgan fingerprint density at radius 1 is 1.26 bits per heavy atom. The Balaban J connectivity index is 1.57. The third kappa shape index (κ3) is 5.06. The summed E-state index contributed by atoms with van der Waals surface area (Å²) in [5, 5.41) is 3.78. The molecule has 7 heteroatoms. The molecular formula is C20H25N5O2. The van der Waals surface area contributed by atoms with E-state index in [1.807, 2.05) is 61.6 Å². The molecule has 1 atom stereocenters. The van der Waals surface area contributed by atoms with Crippen LogP contribution in [0.4, 0.5) is 0 Å². The van der Waals surface area contributed by atoms with E-state index in [0.717, 1.165) is 34.6 Å². The summed E-state index contributed by atoms with van der Waals surface area (Å²) < 4.78 is 5.96. The van der Waals surface area contributed by atoms with Crippen LogP contribution in [0.5, 0.6) is 11.5 Å². The number of pyridine rings is 1. The number of nitrogens with one attached hydrogen (secondary N) is 2. The second-order valence-corrected chi connectivity index (χ2v) is 6.70. The molecule has 0 aliphatic heterocycles. The van der Waals surface area contributed by atoms with Crippen LogP contribution in [-0.2, 0) is 11.2 Å². The van der Waals surface area contributed by atoms with Crippen molar-refractivity contribution >= 4 is 16.9 Å². The van der Waals surface area contributed by atoms with Crippen molar-refractivity contribution in [1.82, 2.24) is 20.2 Å². The molecule has 0 bridgehead atoms. The third-order valence-corrected chi connectivity index (χ3v) is 4.22. The molecule has 0 saturated carbocycles. The summed E-state index contributed by atoms with van der Waals surface area (Å²) in [6.07, 6.45) is 4.01. The molecule has 3 rings (SSSR count). The molecule has 0 fully saturated rings. The van der Waals surface area contributed by atoms with E-state index in [-0.39, 0.29) is 5.91 Å². The third-order valence-electron chi connectivity index (χ3n) is 4.22. The van der Waals surface area contributed by atoms with Gasteiger partial charge in [0.1, 0.15) is 17.1 Å². The fraction of sp³-hybridized carbons (Fsp3) is 0.300. The maximum Gasteiger partial charge on any atom is 0.237 e. The van der Waals surface area contributed by atoms with Gasteiger partial charge in [0.15, 0.2) is 0 Å². The predicted molar refractivity (Wildman–Crippen MR) is 106 cm³/mol. The fourth-order valence-corrected chi connectivity index (χ4v) is 2.73. The number of aromatic nitrogens is 2. The van der Waals surface area contributed by atoms with Gasteiger partial charge in [-0.25, -0.2) is 4.98 Å². The number of hydrogen-bond donors (Lipinski definition) is 3. The van der Waals surface area contributed by atoms with Gasteiger partial charge in [0.05, 0.1) is 11.4 Å². The minimum Gasteiger partial charge on any atom is -0.457 e. The van der Waals surface area contributed by atoms with Crippen molar-refractivity contribution in [2.24, 2.45) is 5.73 Å². The summed E-state index contributed by atoms with van der Waals surface area (Å²) in [6.45, 7) is 1.37. The molecule has 0 radical (unpaired) electrons. The topological polar surface area (TPSA) is 96.3 Å². The largest absolute Gasteiger partial charge is 0.457 e. The number of H-pyrrole nitrogens is 1. The number of nitrogens with zero attached hydrogens (tertiary/aromatic N) is 2. The molecule has 2 aromatic heterocycles. The normalized spacial score (nSPS) is 12.3. The first-order valence-electron chi connectivity index (χ1n) is 8.90. The number of ether oxygens (including phenoxy) is 1. The number of benzene rings is 1. The number of rotatable bonds is 8. The van der Waals surface area contributed by atoms with Gasteiger partial charge in [-0.3, -0.25) is 4.79 Å². The zero-order chi connectivity index (χ0) is 19.2. The summed E-state index contributed by atoms with van der Waals surface area (Å²) >= 11 is 0. The summed E-state index contributed by atoms with van der Waals surface area (Å²) in [6, 6.07) is 10.8. The minimum absolute atomic E-state index is 0.135. The lowest BCUT2D eigenvalue weighted by Gasteiger charge is -2.14. The Bertz CT molecular complexity index is 889. The Morgan fingerprint density at radius 3 is 2.78 bits per heavy atom. The Hall–Kier alpha value is -2.90. The monoisotopic (exact) mass is 367 g/mol. The van der Waals surface area contributed by atoms with Crippen molar-refractivity contribution in [2.45, 2.75) is 12.5 Å². The van der Waals surface area contributed by atoms with Crippen LogP contribution in [0.25, 0.3) is 11.0 Å². The first-order chi connectivity index (χ1) is 13.0. The fourth-order valence-electron chi connectivity index (χ4n) is 2.73. The van der Waals surface area contributed by atoms with Crippen molar-refractivity contribution in [3.63, 3.8) is 0 Å². The van der Waals surface area contributed by atoms with Crippen LogP contribution in [0.1, 0.15) is 5.56 Å². The molecular weight excluding hydrogens is 342 g/mol. The van der Waals surface area contributed by atoms with E-state index >= 15 is 0 Å². The highest BCUT2D eigenvalue weighted by molar-refractivity contribution is 5.82. The summed E-state index contributed by atoms with van der Waals surface area (Å²) in [7, 11) is 3.92. The van der Waals surface area contributed by atoms with E-state index in [1.165, 1.54) is 0 Å². The second kappa shape index (κ2) is 8.66. The smallest absolute Gasteiger partial charge is 0.237 e. The van der Waals surface area contributed by atoms with Crippen molar-refractivity contribution in [2.75, 3.05) is 27.2 Å². The van der Waals surface area contributed by atoms with Gasteiger partial charge in [0, 0.05) is 25.5 Å². The zero-order valence-corrected chi connectivity index (χ0v) is 15.6. The van der Waals surface area contributed by atoms with Crippen LogP contribution >= 0.6 is 0 Å². The van der Waals surface area contributed by atoms with Crippen LogP contribution in [-0.4, -0.2) is 54.0 Å². The predicted octanol–water partition coefficient (Wildman–Crippen LogP) is 1.90. The molecule has 0 aliphatic carbocycles. The maximum atomic E-state index is 12.0. The van der Waals surface area contributed by atoms with E-state index in [9.17, 15) is 4.79 Å². The van der Waals surface area contributed by atoms with Gasteiger partial charge in [-0.15, -0.1) is 0 Å². The summed E-state index contributed by atoms with van der Waals surface area (Å²) in [5.41, 5.74) is 7.78. The molecule has 3 aromatic rings. The number of aromatic amines is 1. The number of hydrogen-bond acceptors (Lipinski definition) is 5. The molecule has 4 N–H and O–H groups in total. The molecule has 2 heterocycles. The van der Waals surface area contributed by atoms with E-state index < -0.39 is 6.04 Å². The molecule has 0 spiro atoms. The highest BCUT2D eigenvalue weighted by Crippen LogP contribution is 2.28. The first kappa shape index (κ1) is 18.9. The number of carbonyl (C=O) groups excluding carboxylic acids is 1. The standard InChI is InChI=1S/C20H25N5O2/c1-25(2)12-11-24-20(26)17(21)13-14-3-5-15(6-4-14)27-18-8-10-23-19-16(18)7-9-22-19/h3-10,17H,11-13,21H2,1-2H3,(H,22,23)(H,24,26)/t17-/m0/s1. The molecule has 27 heavy (non-hydrogen) atoms. The van der Waals surface area contributed by atoms with Gasteiger partial charge in [-0.05, 0) is 50.3 Å². The van der Waals surface area contributed by atoms with Crippen LogP contribution in [0.3, 0.4) is 0 Å². The molecule has 142 valence electrons. The van der Waals surface area contributed by atoms with Crippen LogP contribution in [0, 0.1) is 0 Å². The maximum absolute atomic E-state index is 12.0. The summed E-state index contributed by atoms with van der Waals surface area (Å²) in [5.74, 6) is 1.33. The average molecular weight is 367 g/mol. The lowest BCUT2D eigenvalue weighted by atomic mass is 10.1. The first-order valence-corrected chi connectivity index (χ1v) is 8.90. The van der Waals surface area contributed by atoms with Gasteiger partial charge < -0.3 is 25.7 Å². The molecule has 1 aromatic carbocycles. The highest BCUT2D eigenvalue weighted by Gasteiger charge is 2.14. The second-order valence-electron chi connectivity index (χ2n) is 6.70. The zero-order valence-electron chi connectivity index (χ0n) is 15.6. The SMILES string of the molecule is CN(C)CCNC(=O)[C@@H](N)Cc1ccc(Oc2ccnc3[nH]ccc23)cc1. The van der Waals surface area contributed by atoms with Crippen LogP contribution in [0.2, 0.25) is 0 Å². The number of amides is 1. The van der Waals surface area contributed by atoms with Gasteiger partial charge in [0.25, 0.3) is 0 Å². The Kier molecular flexibility index (Phi) is 6.05. The van der Waals surface area contributed by atoms with Crippen LogP contribution < -0.4 is 15.8 Å². The van der Waals surface area contributed by atoms with Crippen molar-refractivity contribution < 1.29 is 9.53 Å². The van der Waals surface area contributed by atoms with Gasteiger partial charge in [-0.2, -0.15) is 0 Å². The minimum atomic E-state index is -0.571. The van der Waals surface area contributed by atoms with Gasteiger partial charge in [0.2, 0.25) is 5.91 Å². The molecule has 0 aliphatic rings.